The van der Waals surface area contributed by atoms with Crippen LogP contribution >= 0.6 is 0 Å². The van der Waals surface area contributed by atoms with E-state index in [1.807, 2.05) is 12.1 Å². The third kappa shape index (κ3) is 3.98. The summed E-state index contributed by atoms with van der Waals surface area (Å²) in [4.78, 5) is 4.91. The maximum absolute atomic E-state index is 13.1. The molecule has 2 aliphatic heterocycles. The van der Waals surface area contributed by atoms with E-state index in [0.29, 0.717) is 18.6 Å². The van der Waals surface area contributed by atoms with Crippen LogP contribution in [0.5, 0.6) is 5.75 Å². The van der Waals surface area contributed by atoms with E-state index >= 15 is 0 Å². The zero-order valence-corrected chi connectivity index (χ0v) is 14.8. The maximum Gasteiger partial charge on any atom is 0.123 e. The number of fused-ring (bicyclic) bond motifs is 1. The molecule has 0 radical (unpaired) electrons. The zero-order valence-electron chi connectivity index (χ0n) is 14.8. The van der Waals surface area contributed by atoms with E-state index in [0.717, 1.165) is 50.5 Å². The molecule has 2 fully saturated rings. The van der Waals surface area contributed by atoms with Gasteiger partial charge in [0.2, 0.25) is 0 Å². The molecule has 0 bridgehead atoms. The molecule has 2 aliphatic rings. The summed E-state index contributed by atoms with van der Waals surface area (Å²) in [6.07, 6.45) is 2.29. The summed E-state index contributed by atoms with van der Waals surface area (Å²) in [7, 11) is 0. The predicted octanol–water partition coefficient (Wildman–Crippen LogP) is 3.94. The molecule has 0 amide bonds. The van der Waals surface area contributed by atoms with Gasteiger partial charge in [-0.25, -0.2) is 8.78 Å². The highest BCUT2D eigenvalue weighted by atomic mass is 19.1. The number of benzene rings is 2. The zero-order chi connectivity index (χ0) is 17.9. The minimum atomic E-state index is -0.239. The van der Waals surface area contributed by atoms with Gasteiger partial charge in [-0.15, -0.1) is 0 Å². The Kier molecular flexibility index (Phi) is 5.07. The van der Waals surface area contributed by atoms with Gasteiger partial charge >= 0.3 is 0 Å². The number of anilines is 1. The molecule has 4 rings (SSSR count). The molecule has 0 aromatic heterocycles. The number of halogens is 2. The van der Waals surface area contributed by atoms with Crippen molar-refractivity contribution in [2.24, 2.45) is 5.92 Å². The van der Waals surface area contributed by atoms with Crippen LogP contribution < -0.4 is 9.64 Å². The first-order chi connectivity index (χ1) is 12.7. The maximum atomic E-state index is 13.1. The van der Waals surface area contributed by atoms with Crippen molar-refractivity contribution in [1.29, 1.82) is 0 Å². The largest absolute Gasteiger partial charge is 0.493 e. The summed E-state index contributed by atoms with van der Waals surface area (Å²) >= 11 is 0. The molecule has 2 heterocycles. The Morgan fingerprint density at radius 1 is 0.846 bits per heavy atom. The van der Waals surface area contributed by atoms with E-state index in [4.69, 9.17) is 4.74 Å². The number of ether oxygens (including phenoxy) is 1. The Bertz CT molecular complexity index is 720. The van der Waals surface area contributed by atoms with Crippen LogP contribution in [-0.2, 0) is 0 Å². The van der Waals surface area contributed by atoms with Gasteiger partial charge in [0.25, 0.3) is 0 Å². The van der Waals surface area contributed by atoms with Gasteiger partial charge in [-0.1, -0.05) is 0 Å². The van der Waals surface area contributed by atoms with Crippen molar-refractivity contribution in [3.05, 3.63) is 60.2 Å². The lowest BCUT2D eigenvalue weighted by Crippen LogP contribution is -2.57. The quantitative estimate of drug-likeness (QED) is 0.823. The second kappa shape index (κ2) is 7.62. The highest BCUT2D eigenvalue weighted by Gasteiger charge is 2.33. The van der Waals surface area contributed by atoms with Crippen LogP contribution in [0.4, 0.5) is 14.5 Å². The second-order valence-electron chi connectivity index (χ2n) is 7.28. The van der Waals surface area contributed by atoms with Crippen LogP contribution in [0.3, 0.4) is 0 Å². The topological polar surface area (TPSA) is 15.7 Å². The lowest BCUT2D eigenvalue weighted by molar-refractivity contribution is 0.0729. The van der Waals surface area contributed by atoms with E-state index in [2.05, 4.69) is 9.80 Å². The number of piperazine rings is 1. The normalized spacial score (nSPS) is 23.5. The highest BCUT2D eigenvalue weighted by Crippen LogP contribution is 2.28. The van der Waals surface area contributed by atoms with Gasteiger partial charge < -0.3 is 9.64 Å². The van der Waals surface area contributed by atoms with Crippen molar-refractivity contribution in [3.63, 3.8) is 0 Å². The van der Waals surface area contributed by atoms with Crippen molar-refractivity contribution < 1.29 is 13.5 Å². The summed E-state index contributed by atoms with van der Waals surface area (Å²) in [6, 6.07) is 13.6. The van der Waals surface area contributed by atoms with E-state index in [1.165, 1.54) is 24.3 Å². The lowest BCUT2D eigenvalue weighted by Gasteiger charge is -2.47. The van der Waals surface area contributed by atoms with E-state index in [9.17, 15) is 8.78 Å². The SMILES string of the molecule is Fc1ccc(OC[C@@H]2CCC3CN(c4ccc(F)cc4)CCN3C2)cc1. The Balaban J connectivity index is 1.29. The van der Waals surface area contributed by atoms with Gasteiger partial charge in [-0.05, 0) is 61.4 Å². The molecule has 0 N–H and O–H groups in total. The standard InChI is InChI=1S/C21H24F2N2O/c22-17-2-7-19(8-3-17)25-12-11-24-13-16(1-6-20(24)14-25)15-26-21-9-4-18(23)5-10-21/h2-5,7-10,16,20H,1,6,11-15H2/t16-,20?/m1/s1. The summed E-state index contributed by atoms with van der Waals surface area (Å²) in [5.41, 5.74) is 1.10. The van der Waals surface area contributed by atoms with Crippen LogP contribution in [0.25, 0.3) is 0 Å². The van der Waals surface area contributed by atoms with E-state index in [1.54, 1.807) is 12.1 Å². The lowest BCUT2D eigenvalue weighted by atomic mass is 9.91. The van der Waals surface area contributed by atoms with E-state index < -0.39 is 0 Å². The number of hydrogen-bond donors (Lipinski definition) is 0. The molecule has 0 saturated carbocycles. The van der Waals surface area contributed by atoms with Crippen molar-refractivity contribution in [2.75, 3.05) is 37.7 Å². The van der Waals surface area contributed by atoms with Crippen molar-refractivity contribution >= 4 is 5.69 Å². The van der Waals surface area contributed by atoms with Gasteiger partial charge in [-0.2, -0.15) is 0 Å². The molecular formula is C21H24F2N2O. The highest BCUT2D eigenvalue weighted by molar-refractivity contribution is 5.47. The summed E-state index contributed by atoms with van der Waals surface area (Å²) < 4.78 is 31.9. The van der Waals surface area contributed by atoms with Crippen LogP contribution in [0, 0.1) is 17.6 Å². The molecule has 138 valence electrons. The first-order valence-corrected chi connectivity index (χ1v) is 9.30. The molecular weight excluding hydrogens is 334 g/mol. The number of hydrogen-bond acceptors (Lipinski definition) is 3. The second-order valence-corrected chi connectivity index (χ2v) is 7.28. The minimum Gasteiger partial charge on any atom is -0.493 e. The minimum absolute atomic E-state index is 0.186. The van der Waals surface area contributed by atoms with Gasteiger partial charge in [0.05, 0.1) is 6.61 Å². The summed E-state index contributed by atoms with van der Waals surface area (Å²) in [6.45, 7) is 4.71. The molecule has 2 atom stereocenters. The van der Waals surface area contributed by atoms with Gasteiger partial charge in [-0.3, -0.25) is 4.90 Å². The fourth-order valence-corrected chi connectivity index (χ4v) is 4.03. The molecule has 2 saturated heterocycles. The van der Waals surface area contributed by atoms with Crippen LogP contribution in [0.2, 0.25) is 0 Å². The molecule has 0 aliphatic carbocycles. The molecule has 0 spiro atoms. The summed E-state index contributed by atoms with van der Waals surface area (Å²) in [5.74, 6) is 0.814. The third-order valence-corrected chi connectivity index (χ3v) is 5.50. The first-order valence-electron chi connectivity index (χ1n) is 9.30. The fraction of sp³-hybridized carbons (Fsp3) is 0.429. The molecule has 2 aromatic carbocycles. The van der Waals surface area contributed by atoms with E-state index in [-0.39, 0.29) is 11.6 Å². The molecule has 26 heavy (non-hydrogen) atoms. The number of nitrogens with zero attached hydrogens (tertiary/aromatic N) is 2. The summed E-state index contributed by atoms with van der Waals surface area (Å²) in [5, 5.41) is 0. The van der Waals surface area contributed by atoms with Crippen LogP contribution in [0.1, 0.15) is 12.8 Å². The smallest absolute Gasteiger partial charge is 0.123 e. The molecule has 5 heteroatoms. The monoisotopic (exact) mass is 358 g/mol. The van der Waals surface area contributed by atoms with Crippen molar-refractivity contribution in [1.82, 2.24) is 4.90 Å². The van der Waals surface area contributed by atoms with Gasteiger partial charge in [0.15, 0.2) is 0 Å². The van der Waals surface area contributed by atoms with Crippen molar-refractivity contribution in [2.45, 2.75) is 18.9 Å². The number of piperidine rings is 1. The Labute approximate surface area is 153 Å². The Hall–Kier alpha value is -2.14. The van der Waals surface area contributed by atoms with Gasteiger partial charge in [0, 0.05) is 43.8 Å². The predicted molar refractivity (Wildman–Crippen MR) is 98.6 cm³/mol. The molecule has 2 aromatic rings. The van der Waals surface area contributed by atoms with Crippen LogP contribution in [0.15, 0.2) is 48.5 Å². The molecule has 1 unspecified atom stereocenters. The van der Waals surface area contributed by atoms with Gasteiger partial charge in [0.1, 0.15) is 17.4 Å². The third-order valence-electron chi connectivity index (χ3n) is 5.50. The Morgan fingerprint density at radius 3 is 2.27 bits per heavy atom. The first kappa shape index (κ1) is 17.3. The number of rotatable bonds is 4. The van der Waals surface area contributed by atoms with Crippen molar-refractivity contribution in [3.8, 4) is 5.75 Å². The average Bonchev–Trinajstić information content (AvgIpc) is 2.67. The van der Waals surface area contributed by atoms with Crippen LogP contribution in [-0.4, -0.2) is 43.7 Å². The molecule has 3 nitrogen and oxygen atoms in total. The fourth-order valence-electron chi connectivity index (χ4n) is 4.03. The Morgan fingerprint density at radius 2 is 1.54 bits per heavy atom. The average molecular weight is 358 g/mol.